The second-order valence-electron chi connectivity index (χ2n) is 7.93. The molecule has 0 aliphatic carbocycles. The lowest BCUT2D eigenvalue weighted by Crippen LogP contribution is -2.46. The fourth-order valence-electron chi connectivity index (χ4n) is 4.45. The van der Waals surface area contributed by atoms with Gasteiger partial charge in [-0.15, -0.1) is 0 Å². The number of nitrogens with zero attached hydrogens (tertiary/aromatic N) is 1. The van der Waals surface area contributed by atoms with Crippen molar-refractivity contribution in [1.82, 2.24) is 0 Å². The van der Waals surface area contributed by atoms with Crippen LogP contribution in [0.5, 0.6) is 0 Å². The van der Waals surface area contributed by atoms with Crippen LogP contribution in [0.15, 0.2) is 30.3 Å². The van der Waals surface area contributed by atoms with Crippen molar-refractivity contribution in [2.75, 3.05) is 29.9 Å². The molecule has 0 spiro atoms. The van der Waals surface area contributed by atoms with E-state index in [1.165, 1.54) is 57.0 Å². The molecular formula is C23H39NOP+. The summed E-state index contributed by atoms with van der Waals surface area (Å²) in [5.41, 5.74) is 1.42. The van der Waals surface area contributed by atoms with E-state index >= 15 is 0 Å². The molecule has 0 bridgehead atoms. The molecule has 2 rings (SSSR count). The average molecular weight is 377 g/mol. The van der Waals surface area contributed by atoms with Crippen molar-refractivity contribution in [3.8, 4) is 0 Å². The summed E-state index contributed by atoms with van der Waals surface area (Å²) in [6.07, 6.45) is 14.0. The van der Waals surface area contributed by atoms with Gasteiger partial charge in [-0.25, -0.2) is 0 Å². The zero-order chi connectivity index (χ0) is 18.8. The fourth-order valence-corrected chi connectivity index (χ4v) is 10.2. The summed E-state index contributed by atoms with van der Waals surface area (Å²) in [4.78, 5) is 15.7. The van der Waals surface area contributed by atoms with Gasteiger partial charge in [0.25, 0.3) is 5.91 Å². The third-order valence-corrected chi connectivity index (χ3v) is 11.4. The second-order valence-corrected chi connectivity index (χ2v) is 12.3. The first kappa shape index (κ1) is 21.4. The van der Waals surface area contributed by atoms with Crippen LogP contribution in [-0.4, -0.2) is 36.6 Å². The van der Waals surface area contributed by atoms with Crippen molar-refractivity contribution < 1.29 is 4.79 Å². The van der Waals surface area contributed by atoms with E-state index in [1.807, 2.05) is 6.07 Å². The Hall–Kier alpha value is -0.880. The number of amides is 1. The normalized spacial score (nSPS) is 18.3. The van der Waals surface area contributed by atoms with Gasteiger partial charge in [-0.1, -0.05) is 58.2 Å². The van der Waals surface area contributed by atoms with Crippen molar-refractivity contribution in [2.45, 2.75) is 77.8 Å². The zero-order valence-electron chi connectivity index (χ0n) is 17.3. The number of para-hydroxylation sites is 1. The Morgan fingerprint density at radius 2 is 1.46 bits per heavy atom. The van der Waals surface area contributed by atoms with Crippen molar-refractivity contribution in [3.05, 3.63) is 30.3 Å². The highest BCUT2D eigenvalue weighted by molar-refractivity contribution is 7.77. The predicted octanol–water partition coefficient (Wildman–Crippen LogP) is 6.60. The van der Waals surface area contributed by atoms with E-state index in [1.54, 1.807) is 0 Å². The minimum Gasteiger partial charge on any atom is -0.309 e. The van der Waals surface area contributed by atoms with Crippen LogP contribution in [0.1, 0.15) is 72.1 Å². The first-order chi connectivity index (χ1) is 12.7. The van der Waals surface area contributed by atoms with Crippen LogP contribution in [0.4, 0.5) is 5.69 Å². The van der Waals surface area contributed by atoms with Gasteiger partial charge in [0.05, 0.1) is 18.5 Å². The van der Waals surface area contributed by atoms with Crippen LogP contribution >= 0.6 is 7.26 Å². The molecule has 1 fully saturated rings. The molecule has 1 saturated heterocycles. The van der Waals surface area contributed by atoms with Crippen LogP contribution in [0.2, 0.25) is 0 Å². The lowest BCUT2D eigenvalue weighted by Gasteiger charge is -2.40. The quantitative estimate of drug-likeness (QED) is 0.398. The summed E-state index contributed by atoms with van der Waals surface area (Å²) in [6.45, 7) is 7.79. The van der Waals surface area contributed by atoms with Gasteiger partial charge in [-0.05, 0) is 44.2 Å². The number of benzene rings is 1. The van der Waals surface area contributed by atoms with Gasteiger partial charge < -0.3 is 4.90 Å². The number of carbonyl (C=O) groups is 1. The molecule has 1 aromatic carbocycles. The summed E-state index contributed by atoms with van der Waals surface area (Å²) in [5, 5.41) is 0. The largest absolute Gasteiger partial charge is 0.309 e. The lowest BCUT2D eigenvalue weighted by molar-refractivity contribution is -0.119. The number of hydrogen-bond donors (Lipinski definition) is 0. The van der Waals surface area contributed by atoms with Crippen LogP contribution in [0.25, 0.3) is 0 Å². The summed E-state index contributed by atoms with van der Waals surface area (Å²) in [5.74, 6) is 0.444. The monoisotopic (exact) mass is 376 g/mol. The topological polar surface area (TPSA) is 20.3 Å². The highest BCUT2D eigenvalue weighted by atomic mass is 31.2. The molecule has 0 saturated carbocycles. The Morgan fingerprint density at radius 1 is 0.923 bits per heavy atom. The molecule has 1 unspecified atom stereocenters. The first-order valence-corrected chi connectivity index (χ1v) is 13.3. The van der Waals surface area contributed by atoms with E-state index < -0.39 is 7.26 Å². The SMILES string of the molecule is CCCC[P+](CCCC)(CCCC)C1CCCN(c2ccccc2)C1=O. The van der Waals surface area contributed by atoms with Crippen molar-refractivity contribution >= 4 is 18.9 Å². The van der Waals surface area contributed by atoms with Gasteiger partial charge >= 0.3 is 0 Å². The van der Waals surface area contributed by atoms with E-state index in [4.69, 9.17) is 0 Å². The van der Waals surface area contributed by atoms with Crippen LogP contribution < -0.4 is 4.90 Å². The van der Waals surface area contributed by atoms with E-state index in [0.29, 0.717) is 11.6 Å². The fraction of sp³-hybridized carbons (Fsp3) is 0.696. The average Bonchev–Trinajstić information content (AvgIpc) is 2.69. The highest BCUT2D eigenvalue weighted by Crippen LogP contribution is 2.66. The smallest absolute Gasteiger partial charge is 0.267 e. The molecule has 1 heterocycles. The molecule has 26 heavy (non-hydrogen) atoms. The molecule has 1 aliphatic rings. The van der Waals surface area contributed by atoms with Crippen molar-refractivity contribution in [2.24, 2.45) is 0 Å². The summed E-state index contributed by atoms with van der Waals surface area (Å²) in [7, 11) is -1.23. The zero-order valence-corrected chi connectivity index (χ0v) is 18.1. The number of hydrogen-bond acceptors (Lipinski definition) is 1. The minimum atomic E-state index is -1.23. The maximum atomic E-state index is 13.6. The summed E-state index contributed by atoms with van der Waals surface area (Å²) < 4.78 is 0. The number of rotatable bonds is 11. The van der Waals surface area contributed by atoms with E-state index in [9.17, 15) is 4.79 Å². The Morgan fingerprint density at radius 3 is 1.96 bits per heavy atom. The van der Waals surface area contributed by atoms with Gasteiger partial charge in [0, 0.05) is 19.5 Å². The molecule has 3 heteroatoms. The van der Waals surface area contributed by atoms with Gasteiger partial charge in [0.1, 0.15) is 5.66 Å². The maximum absolute atomic E-state index is 13.6. The van der Waals surface area contributed by atoms with E-state index in [2.05, 4.69) is 49.9 Å². The predicted molar refractivity (Wildman–Crippen MR) is 118 cm³/mol. The number of anilines is 1. The first-order valence-electron chi connectivity index (χ1n) is 10.9. The van der Waals surface area contributed by atoms with Crippen LogP contribution in [-0.2, 0) is 4.79 Å². The van der Waals surface area contributed by atoms with Gasteiger partial charge in [0.15, 0.2) is 0 Å². The van der Waals surface area contributed by atoms with Crippen molar-refractivity contribution in [1.29, 1.82) is 0 Å². The third kappa shape index (κ3) is 5.32. The second kappa shape index (κ2) is 11.1. The molecule has 0 N–H and O–H groups in total. The van der Waals surface area contributed by atoms with Gasteiger partial charge in [-0.3, -0.25) is 4.79 Å². The summed E-state index contributed by atoms with van der Waals surface area (Å²) >= 11 is 0. The van der Waals surface area contributed by atoms with E-state index in [-0.39, 0.29) is 0 Å². The molecule has 1 atom stereocenters. The molecule has 2 nitrogen and oxygen atoms in total. The molecule has 146 valence electrons. The van der Waals surface area contributed by atoms with Crippen molar-refractivity contribution in [3.63, 3.8) is 0 Å². The molecule has 0 aromatic heterocycles. The standard InChI is InChI=1S/C23H39NOP/c1-4-7-18-26(19-8-5-2,20-9-6-3)22-16-13-17-24(23(22)25)21-14-11-10-12-15-21/h10-12,14-15,22H,4-9,13,16-20H2,1-3H3/q+1. The number of carbonyl (C=O) groups excluding carboxylic acids is 1. The number of piperidine rings is 1. The maximum Gasteiger partial charge on any atom is 0.267 e. The van der Waals surface area contributed by atoms with Gasteiger partial charge in [-0.2, -0.15) is 0 Å². The third-order valence-electron chi connectivity index (χ3n) is 6.01. The minimum absolute atomic E-state index is 0.320. The van der Waals surface area contributed by atoms with Gasteiger partial charge in [0.2, 0.25) is 0 Å². The summed E-state index contributed by atoms with van der Waals surface area (Å²) in [6, 6.07) is 10.4. The molecule has 1 amide bonds. The lowest BCUT2D eigenvalue weighted by atomic mass is 10.1. The van der Waals surface area contributed by atoms with E-state index in [0.717, 1.165) is 25.1 Å². The molecule has 0 radical (unpaired) electrons. The Bertz CT molecular complexity index is 508. The molecule has 1 aliphatic heterocycles. The molecular weight excluding hydrogens is 337 g/mol. The van der Waals surface area contributed by atoms with Crippen LogP contribution in [0.3, 0.4) is 0 Å². The Balaban J connectivity index is 2.29. The van der Waals surface area contributed by atoms with Crippen LogP contribution in [0, 0.1) is 0 Å². The Kier molecular flexibility index (Phi) is 9.12. The Labute approximate surface area is 162 Å². The number of unbranched alkanes of at least 4 members (excludes halogenated alkanes) is 3. The highest BCUT2D eigenvalue weighted by Gasteiger charge is 2.50. The molecule has 1 aromatic rings.